The average molecular weight is 677 g/mol. The highest BCUT2D eigenvalue weighted by molar-refractivity contribution is 6.20. The summed E-state index contributed by atoms with van der Waals surface area (Å²) in [6, 6.07) is 48.7. The fourth-order valence-corrected chi connectivity index (χ4v) is 9.15. The highest BCUT2D eigenvalue weighted by Gasteiger charge is 2.37. The van der Waals surface area contributed by atoms with Gasteiger partial charge in [0.15, 0.2) is 0 Å². The molecule has 8 aromatic carbocycles. The number of hydrogen-bond donors (Lipinski definition) is 0. The minimum Gasteiger partial charge on any atom is -0.0984 e. The summed E-state index contributed by atoms with van der Waals surface area (Å²) >= 11 is 0. The quantitative estimate of drug-likeness (QED) is 0.147. The molecule has 0 atom stereocenters. The third-order valence-electron chi connectivity index (χ3n) is 11.6. The van der Waals surface area contributed by atoms with E-state index in [1.54, 1.807) is 0 Å². The van der Waals surface area contributed by atoms with Gasteiger partial charge in [0.1, 0.15) is 0 Å². The lowest BCUT2D eigenvalue weighted by atomic mass is 9.79. The van der Waals surface area contributed by atoms with Crippen LogP contribution in [0.5, 0.6) is 0 Å². The molecule has 0 unspecified atom stereocenters. The van der Waals surface area contributed by atoms with Gasteiger partial charge in [0, 0.05) is 5.41 Å². The Kier molecular flexibility index (Phi) is 7.54. The Morgan fingerprint density at radius 3 is 1.57 bits per heavy atom. The standard InChI is InChI=1S/C53H40/c1-7-36-37(8-2)52-45-25-17-18-26-48(45)53(5,6)49(52)32-46(36)33-27-29-34(30-28-33)50-38(9-3)39(10-4)51(44-24-16-15-23-43(44)50)47-31-35-19-11-12-20-40(35)41-21-13-14-22-42(41)47/h7-32H,1-4H2,5-6H3. The molecule has 53 heavy (non-hydrogen) atoms. The molecule has 0 saturated heterocycles. The molecular formula is C53H40. The van der Waals surface area contributed by atoms with Gasteiger partial charge in [-0.1, -0.05) is 186 Å². The summed E-state index contributed by atoms with van der Waals surface area (Å²) < 4.78 is 0. The molecular weight excluding hydrogens is 637 g/mol. The third-order valence-corrected chi connectivity index (χ3v) is 11.6. The fraction of sp³-hybridized carbons (Fsp3) is 0.0566. The van der Waals surface area contributed by atoms with Crippen LogP contribution in [0, 0.1) is 0 Å². The number of rotatable bonds is 7. The molecule has 0 N–H and O–H groups in total. The SMILES string of the molecule is C=Cc1c(-c2ccc(-c3c(C=C)c(C=C)c(-c4cc5ccccc5c5ccccc45)c4ccccc34)cc2)cc2c(c1C=C)-c1ccccc1C2(C)C. The number of fused-ring (bicyclic) bond motifs is 7. The van der Waals surface area contributed by atoms with Crippen LogP contribution < -0.4 is 0 Å². The molecule has 0 aromatic heterocycles. The van der Waals surface area contributed by atoms with Crippen LogP contribution in [0.15, 0.2) is 160 Å². The van der Waals surface area contributed by atoms with Gasteiger partial charge in [0.2, 0.25) is 0 Å². The van der Waals surface area contributed by atoms with Crippen molar-refractivity contribution < 1.29 is 0 Å². The summed E-state index contributed by atoms with van der Waals surface area (Å²) in [6.45, 7) is 22.0. The van der Waals surface area contributed by atoms with Crippen molar-refractivity contribution in [3.05, 3.63) is 193 Å². The molecule has 0 radical (unpaired) electrons. The molecule has 0 amide bonds. The van der Waals surface area contributed by atoms with Gasteiger partial charge >= 0.3 is 0 Å². The van der Waals surface area contributed by atoms with Crippen LogP contribution in [0.3, 0.4) is 0 Å². The maximum atomic E-state index is 4.39. The second-order valence-corrected chi connectivity index (χ2v) is 14.6. The predicted octanol–water partition coefficient (Wildman–Crippen LogP) is 15.0. The van der Waals surface area contributed by atoms with Gasteiger partial charge in [0.05, 0.1) is 0 Å². The van der Waals surface area contributed by atoms with Gasteiger partial charge in [-0.2, -0.15) is 0 Å². The zero-order valence-corrected chi connectivity index (χ0v) is 30.3. The molecule has 9 rings (SSSR count). The molecule has 1 aliphatic rings. The monoisotopic (exact) mass is 676 g/mol. The van der Waals surface area contributed by atoms with E-state index in [-0.39, 0.29) is 5.41 Å². The minimum absolute atomic E-state index is 0.130. The van der Waals surface area contributed by atoms with E-state index in [9.17, 15) is 0 Å². The average Bonchev–Trinajstić information content (AvgIpc) is 3.44. The molecule has 8 aromatic rings. The van der Waals surface area contributed by atoms with E-state index >= 15 is 0 Å². The largest absolute Gasteiger partial charge is 0.0984 e. The van der Waals surface area contributed by atoms with Gasteiger partial charge < -0.3 is 0 Å². The first-order valence-corrected chi connectivity index (χ1v) is 18.3. The minimum atomic E-state index is -0.130. The molecule has 0 fully saturated rings. The summed E-state index contributed by atoms with van der Waals surface area (Å²) in [4.78, 5) is 0. The molecule has 0 bridgehead atoms. The molecule has 0 heteroatoms. The van der Waals surface area contributed by atoms with Crippen molar-refractivity contribution in [1.29, 1.82) is 0 Å². The molecule has 0 spiro atoms. The van der Waals surface area contributed by atoms with Gasteiger partial charge in [-0.3, -0.25) is 0 Å². The van der Waals surface area contributed by atoms with Gasteiger partial charge in [-0.25, -0.2) is 0 Å². The van der Waals surface area contributed by atoms with Crippen LogP contribution in [-0.2, 0) is 5.41 Å². The van der Waals surface area contributed by atoms with Crippen molar-refractivity contribution >= 4 is 56.6 Å². The molecule has 0 nitrogen and oxygen atoms in total. The Bertz CT molecular complexity index is 2860. The topological polar surface area (TPSA) is 0 Å². The predicted molar refractivity (Wildman–Crippen MR) is 233 cm³/mol. The summed E-state index contributed by atoms with van der Waals surface area (Å²) in [5.41, 5.74) is 16.5. The van der Waals surface area contributed by atoms with Gasteiger partial charge in [0.25, 0.3) is 0 Å². The van der Waals surface area contributed by atoms with Crippen molar-refractivity contribution in [3.63, 3.8) is 0 Å². The Hall–Kier alpha value is -6.50. The second-order valence-electron chi connectivity index (χ2n) is 14.6. The molecule has 252 valence electrons. The maximum absolute atomic E-state index is 4.39. The third kappa shape index (κ3) is 4.69. The smallest absolute Gasteiger partial charge is 0.0159 e. The first-order valence-electron chi connectivity index (χ1n) is 18.3. The fourth-order valence-electron chi connectivity index (χ4n) is 9.15. The Morgan fingerprint density at radius 2 is 0.887 bits per heavy atom. The van der Waals surface area contributed by atoms with E-state index < -0.39 is 0 Å². The van der Waals surface area contributed by atoms with Crippen molar-refractivity contribution in [2.45, 2.75) is 19.3 Å². The van der Waals surface area contributed by atoms with Crippen molar-refractivity contribution in [2.75, 3.05) is 0 Å². The summed E-state index contributed by atoms with van der Waals surface area (Å²) in [6.07, 6.45) is 8.01. The first-order chi connectivity index (χ1) is 25.9. The van der Waals surface area contributed by atoms with E-state index in [0.29, 0.717) is 0 Å². The summed E-state index contributed by atoms with van der Waals surface area (Å²) in [7, 11) is 0. The Balaban J connectivity index is 1.26. The zero-order valence-electron chi connectivity index (χ0n) is 30.3. The van der Waals surface area contributed by atoms with Gasteiger partial charge in [-0.15, -0.1) is 0 Å². The van der Waals surface area contributed by atoms with E-state index in [4.69, 9.17) is 0 Å². The van der Waals surface area contributed by atoms with E-state index in [1.165, 1.54) is 71.3 Å². The van der Waals surface area contributed by atoms with Crippen molar-refractivity contribution in [1.82, 2.24) is 0 Å². The van der Waals surface area contributed by atoms with Crippen molar-refractivity contribution in [3.8, 4) is 44.5 Å². The normalized spacial score (nSPS) is 12.8. The second kappa shape index (κ2) is 12.3. The summed E-state index contributed by atoms with van der Waals surface area (Å²) in [5.74, 6) is 0. The van der Waals surface area contributed by atoms with Crippen LogP contribution in [0.4, 0.5) is 0 Å². The van der Waals surface area contributed by atoms with E-state index in [2.05, 4.69) is 174 Å². The number of hydrogen-bond acceptors (Lipinski definition) is 0. The first kappa shape index (κ1) is 32.4. The zero-order chi connectivity index (χ0) is 36.4. The van der Waals surface area contributed by atoms with Crippen LogP contribution in [0.25, 0.3) is 101 Å². The highest BCUT2D eigenvalue weighted by atomic mass is 14.4. The van der Waals surface area contributed by atoms with Crippen LogP contribution in [0.2, 0.25) is 0 Å². The lowest BCUT2D eigenvalue weighted by Crippen LogP contribution is -2.15. The summed E-state index contributed by atoms with van der Waals surface area (Å²) in [5, 5.41) is 7.33. The van der Waals surface area contributed by atoms with Gasteiger partial charge in [-0.05, 0) is 122 Å². The molecule has 0 saturated carbocycles. The highest BCUT2D eigenvalue weighted by Crippen LogP contribution is 2.53. The van der Waals surface area contributed by atoms with Crippen LogP contribution in [0.1, 0.15) is 47.2 Å². The van der Waals surface area contributed by atoms with Crippen LogP contribution in [-0.4, -0.2) is 0 Å². The lowest BCUT2D eigenvalue weighted by Gasteiger charge is -2.24. The maximum Gasteiger partial charge on any atom is 0.0159 e. The molecule has 0 aliphatic heterocycles. The molecule has 1 aliphatic carbocycles. The molecule has 0 heterocycles. The van der Waals surface area contributed by atoms with E-state index in [0.717, 1.165) is 38.9 Å². The van der Waals surface area contributed by atoms with E-state index in [1.807, 2.05) is 24.3 Å². The Labute approximate surface area is 312 Å². The lowest BCUT2D eigenvalue weighted by molar-refractivity contribution is 0.660. The Morgan fingerprint density at radius 1 is 0.377 bits per heavy atom. The number of benzene rings is 8. The van der Waals surface area contributed by atoms with Crippen LogP contribution >= 0.6 is 0 Å². The van der Waals surface area contributed by atoms with Crippen molar-refractivity contribution in [2.24, 2.45) is 0 Å².